The number of anilines is 2. The molecule has 1 aromatic carbocycles. The Morgan fingerprint density at radius 1 is 1.05 bits per heavy atom. The molecule has 1 fully saturated rings. The first kappa shape index (κ1) is 12.5. The quantitative estimate of drug-likeness (QED) is 0.838. The van der Waals surface area contributed by atoms with Gasteiger partial charge in [-0.3, -0.25) is 0 Å². The van der Waals surface area contributed by atoms with E-state index in [1.54, 1.807) is 11.3 Å². The van der Waals surface area contributed by atoms with Crippen LogP contribution in [0, 0.1) is 13.8 Å². The van der Waals surface area contributed by atoms with Gasteiger partial charge in [0, 0.05) is 43.4 Å². The van der Waals surface area contributed by atoms with Crippen LogP contribution in [0.5, 0.6) is 0 Å². The third-order valence-corrected chi connectivity index (χ3v) is 4.72. The van der Waals surface area contributed by atoms with E-state index < -0.39 is 0 Å². The van der Waals surface area contributed by atoms with Crippen molar-refractivity contribution in [2.75, 3.05) is 36.0 Å². The summed E-state index contributed by atoms with van der Waals surface area (Å²) in [4.78, 5) is 9.27. The molecule has 0 aliphatic carbocycles. The molecule has 0 bridgehead atoms. The lowest BCUT2D eigenvalue weighted by Gasteiger charge is -2.36. The smallest absolute Gasteiger partial charge is 0.185 e. The van der Waals surface area contributed by atoms with Gasteiger partial charge in [-0.25, -0.2) is 4.98 Å². The van der Waals surface area contributed by atoms with Crippen LogP contribution in [-0.4, -0.2) is 31.2 Å². The standard InChI is InChI=1S/C15H19N3S/c1-12-4-3-5-14(13(12)2)17-7-9-18(10-8-17)15-16-6-11-19-15/h3-6,11H,7-10H2,1-2H3. The number of thiazole rings is 1. The maximum absolute atomic E-state index is 4.40. The van der Waals surface area contributed by atoms with Crippen LogP contribution in [0.15, 0.2) is 29.8 Å². The topological polar surface area (TPSA) is 19.4 Å². The zero-order valence-electron chi connectivity index (χ0n) is 11.5. The van der Waals surface area contributed by atoms with Gasteiger partial charge in [-0.1, -0.05) is 12.1 Å². The third kappa shape index (κ3) is 2.45. The summed E-state index contributed by atoms with van der Waals surface area (Å²) in [6.45, 7) is 8.66. The number of nitrogens with zero attached hydrogens (tertiary/aromatic N) is 3. The molecule has 1 aliphatic rings. The highest BCUT2D eigenvalue weighted by atomic mass is 32.1. The molecule has 2 aromatic rings. The van der Waals surface area contributed by atoms with Gasteiger partial charge in [0.15, 0.2) is 5.13 Å². The number of aromatic nitrogens is 1. The van der Waals surface area contributed by atoms with Gasteiger partial charge in [-0.2, -0.15) is 0 Å². The van der Waals surface area contributed by atoms with Crippen LogP contribution < -0.4 is 9.80 Å². The molecule has 4 heteroatoms. The molecule has 2 heterocycles. The average molecular weight is 273 g/mol. The van der Waals surface area contributed by atoms with E-state index in [-0.39, 0.29) is 0 Å². The predicted octanol–water partition coefficient (Wildman–Crippen LogP) is 3.09. The Bertz CT molecular complexity index is 543. The fourth-order valence-electron chi connectivity index (χ4n) is 2.59. The maximum atomic E-state index is 4.40. The number of hydrogen-bond acceptors (Lipinski definition) is 4. The first-order valence-corrected chi connectivity index (χ1v) is 7.59. The molecule has 1 saturated heterocycles. The summed E-state index contributed by atoms with van der Waals surface area (Å²) in [7, 11) is 0. The summed E-state index contributed by atoms with van der Waals surface area (Å²) < 4.78 is 0. The fourth-order valence-corrected chi connectivity index (χ4v) is 3.29. The van der Waals surface area contributed by atoms with Crippen molar-refractivity contribution in [1.82, 2.24) is 4.98 Å². The molecule has 1 aromatic heterocycles. The summed E-state index contributed by atoms with van der Waals surface area (Å²) in [6.07, 6.45) is 1.89. The Balaban J connectivity index is 1.72. The first-order chi connectivity index (χ1) is 9.25. The number of aryl methyl sites for hydroxylation is 1. The lowest BCUT2D eigenvalue weighted by atomic mass is 10.1. The van der Waals surface area contributed by atoms with E-state index in [0.717, 1.165) is 31.3 Å². The molecule has 0 unspecified atom stereocenters. The Morgan fingerprint density at radius 2 is 1.79 bits per heavy atom. The van der Waals surface area contributed by atoms with Crippen molar-refractivity contribution in [2.45, 2.75) is 13.8 Å². The second-order valence-electron chi connectivity index (χ2n) is 5.01. The van der Waals surface area contributed by atoms with Gasteiger partial charge in [0.1, 0.15) is 0 Å². The van der Waals surface area contributed by atoms with Crippen LogP contribution in [0.1, 0.15) is 11.1 Å². The fraction of sp³-hybridized carbons (Fsp3) is 0.400. The van der Waals surface area contributed by atoms with Gasteiger partial charge in [-0.05, 0) is 31.0 Å². The third-order valence-electron chi connectivity index (χ3n) is 3.89. The van der Waals surface area contributed by atoms with Crippen molar-refractivity contribution in [3.8, 4) is 0 Å². The van der Waals surface area contributed by atoms with Gasteiger partial charge in [-0.15, -0.1) is 11.3 Å². The van der Waals surface area contributed by atoms with E-state index in [0.29, 0.717) is 0 Å². The van der Waals surface area contributed by atoms with Gasteiger partial charge in [0.05, 0.1) is 0 Å². The summed E-state index contributed by atoms with van der Waals surface area (Å²) >= 11 is 1.73. The van der Waals surface area contributed by atoms with E-state index in [1.807, 2.05) is 11.6 Å². The molecule has 19 heavy (non-hydrogen) atoms. The van der Waals surface area contributed by atoms with Crippen LogP contribution in [-0.2, 0) is 0 Å². The van der Waals surface area contributed by atoms with E-state index in [1.165, 1.54) is 16.8 Å². The predicted molar refractivity (Wildman–Crippen MR) is 82.5 cm³/mol. The van der Waals surface area contributed by atoms with Crippen LogP contribution >= 0.6 is 11.3 Å². The zero-order chi connectivity index (χ0) is 13.2. The first-order valence-electron chi connectivity index (χ1n) is 6.71. The van der Waals surface area contributed by atoms with Crippen LogP contribution in [0.4, 0.5) is 10.8 Å². The summed E-state index contributed by atoms with van der Waals surface area (Å²) in [5.74, 6) is 0. The van der Waals surface area contributed by atoms with Crippen molar-refractivity contribution >= 4 is 22.2 Å². The Morgan fingerprint density at radius 3 is 2.47 bits per heavy atom. The molecule has 0 saturated carbocycles. The van der Waals surface area contributed by atoms with Crippen molar-refractivity contribution < 1.29 is 0 Å². The lowest BCUT2D eigenvalue weighted by molar-refractivity contribution is 0.651. The Hall–Kier alpha value is -1.55. The van der Waals surface area contributed by atoms with Crippen LogP contribution in [0.3, 0.4) is 0 Å². The van der Waals surface area contributed by atoms with Crippen molar-refractivity contribution in [3.05, 3.63) is 40.9 Å². The highest BCUT2D eigenvalue weighted by Crippen LogP contribution is 2.25. The minimum Gasteiger partial charge on any atom is -0.368 e. The molecule has 0 N–H and O–H groups in total. The molecule has 1 aliphatic heterocycles. The second kappa shape index (κ2) is 5.21. The lowest BCUT2D eigenvalue weighted by Crippen LogP contribution is -2.46. The van der Waals surface area contributed by atoms with Crippen LogP contribution in [0.2, 0.25) is 0 Å². The second-order valence-corrected chi connectivity index (χ2v) is 5.88. The molecule has 3 rings (SSSR count). The monoisotopic (exact) mass is 273 g/mol. The maximum Gasteiger partial charge on any atom is 0.185 e. The number of piperazine rings is 1. The minimum absolute atomic E-state index is 1.06. The van der Waals surface area contributed by atoms with Crippen molar-refractivity contribution in [1.29, 1.82) is 0 Å². The van der Waals surface area contributed by atoms with Gasteiger partial charge >= 0.3 is 0 Å². The number of benzene rings is 1. The van der Waals surface area contributed by atoms with Gasteiger partial charge < -0.3 is 9.80 Å². The highest BCUT2D eigenvalue weighted by Gasteiger charge is 2.19. The molecule has 0 amide bonds. The SMILES string of the molecule is Cc1cccc(N2CCN(c3nccs3)CC2)c1C. The summed E-state index contributed by atoms with van der Waals surface area (Å²) in [5.41, 5.74) is 4.17. The van der Waals surface area contributed by atoms with Crippen molar-refractivity contribution in [3.63, 3.8) is 0 Å². The average Bonchev–Trinajstić information content (AvgIpc) is 2.96. The molecule has 100 valence electrons. The Labute approximate surface area is 118 Å². The highest BCUT2D eigenvalue weighted by molar-refractivity contribution is 7.13. The van der Waals surface area contributed by atoms with Gasteiger partial charge in [0.25, 0.3) is 0 Å². The normalized spacial score (nSPS) is 15.9. The molecule has 3 nitrogen and oxygen atoms in total. The van der Waals surface area contributed by atoms with E-state index in [9.17, 15) is 0 Å². The van der Waals surface area contributed by atoms with E-state index in [4.69, 9.17) is 0 Å². The zero-order valence-corrected chi connectivity index (χ0v) is 12.3. The minimum atomic E-state index is 1.06. The molecular formula is C15H19N3S. The molecule has 0 atom stereocenters. The van der Waals surface area contributed by atoms with Crippen molar-refractivity contribution in [2.24, 2.45) is 0 Å². The molecule has 0 radical (unpaired) electrons. The van der Waals surface area contributed by atoms with E-state index >= 15 is 0 Å². The van der Waals surface area contributed by atoms with Gasteiger partial charge in [0.2, 0.25) is 0 Å². The Kier molecular flexibility index (Phi) is 3.42. The molecule has 0 spiro atoms. The van der Waals surface area contributed by atoms with Crippen LogP contribution in [0.25, 0.3) is 0 Å². The van der Waals surface area contributed by atoms with E-state index in [2.05, 4.69) is 46.8 Å². The molecular weight excluding hydrogens is 254 g/mol. The largest absolute Gasteiger partial charge is 0.368 e. The number of rotatable bonds is 2. The summed E-state index contributed by atoms with van der Waals surface area (Å²) in [5, 5.41) is 3.20. The summed E-state index contributed by atoms with van der Waals surface area (Å²) in [6, 6.07) is 6.58. The number of hydrogen-bond donors (Lipinski definition) is 0.